The van der Waals surface area contributed by atoms with Crippen molar-refractivity contribution in [2.24, 2.45) is 5.92 Å². The average molecular weight is 367 g/mol. The maximum Gasteiger partial charge on any atom is 0.246 e. The molecule has 3 atom stereocenters. The van der Waals surface area contributed by atoms with Gasteiger partial charge in [0, 0.05) is 26.0 Å². The lowest BCUT2D eigenvalue weighted by Gasteiger charge is -2.26. The number of H-pyrrole nitrogens is 1. The van der Waals surface area contributed by atoms with Gasteiger partial charge in [0.2, 0.25) is 5.91 Å². The number of carbonyl (C=O) groups is 1. The van der Waals surface area contributed by atoms with Gasteiger partial charge in [0.05, 0.1) is 17.5 Å². The van der Waals surface area contributed by atoms with Crippen molar-refractivity contribution in [2.45, 2.75) is 43.7 Å². The molecular formula is C20H25N5O2. The summed E-state index contributed by atoms with van der Waals surface area (Å²) in [5.74, 6) is 1.86. The molecule has 2 bridgehead atoms. The first-order valence-corrected chi connectivity index (χ1v) is 9.85. The number of nitrogens with zero attached hydrogens (tertiary/aromatic N) is 3. The van der Waals surface area contributed by atoms with E-state index in [1.807, 2.05) is 4.90 Å². The van der Waals surface area contributed by atoms with Crippen LogP contribution in [-0.2, 0) is 9.53 Å². The molecule has 0 aromatic carbocycles. The van der Waals surface area contributed by atoms with Gasteiger partial charge in [-0.1, -0.05) is 6.58 Å². The summed E-state index contributed by atoms with van der Waals surface area (Å²) in [4.78, 5) is 26.5. The molecule has 7 heteroatoms. The van der Waals surface area contributed by atoms with Gasteiger partial charge in [-0.15, -0.1) is 0 Å². The Hall–Kier alpha value is -2.41. The summed E-state index contributed by atoms with van der Waals surface area (Å²) < 4.78 is 5.53. The molecule has 3 fully saturated rings. The molecule has 1 aliphatic carbocycles. The van der Waals surface area contributed by atoms with Gasteiger partial charge in [0.15, 0.2) is 0 Å². The number of hydrogen-bond donors (Lipinski definition) is 2. The van der Waals surface area contributed by atoms with E-state index >= 15 is 0 Å². The van der Waals surface area contributed by atoms with Gasteiger partial charge in [-0.25, -0.2) is 9.97 Å². The van der Waals surface area contributed by atoms with Crippen molar-refractivity contribution < 1.29 is 9.53 Å². The van der Waals surface area contributed by atoms with E-state index in [9.17, 15) is 4.79 Å². The van der Waals surface area contributed by atoms with Crippen molar-refractivity contribution in [3.8, 4) is 0 Å². The van der Waals surface area contributed by atoms with E-state index in [1.54, 1.807) is 6.33 Å². The Morgan fingerprint density at radius 1 is 1.30 bits per heavy atom. The zero-order chi connectivity index (χ0) is 18.4. The minimum absolute atomic E-state index is 0.0337. The normalized spacial score (nSPS) is 28.0. The largest absolute Gasteiger partial charge is 0.381 e. The molecule has 2 aliphatic heterocycles. The lowest BCUT2D eigenvalue weighted by Crippen LogP contribution is -2.40. The van der Waals surface area contributed by atoms with E-state index in [4.69, 9.17) is 4.74 Å². The number of piperidine rings is 1. The van der Waals surface area contributed by atoms with E-state index in [1.165, 1.54) is 11.6 Å². The zero-order valence-corrected chi connectivity index (χ0v) is 15.4. The van der Waals surface area contributed by atoms with E-state index in [0.29, 0.717) is 11.8 Å². The van der Waals surface area contributed by atoms with E-state index in [-0.39, 0.29) is 18.0 Å². The molecule has 2 aromatic heterocycles. The summed E-state index contributed by atoms with van der Waals surface area (Å²) >= 11 is 0. The number of ether oxygens (including phenoxy) is 1. The predicted octanol–water partition coefficient (Wildman–Crippen LogP) is 2.44. The number of amides is 1. The van der Waals surface area contributed by atoms with Gasteiger partial charge >= 0.3 is 0 Å². The van der Waals surface area contributed by atoms with Gasteiger partial charge in [-0.05, 0) is 49.2 Å². The summed E-state index contributed by atoms with van der Waals surface area (Å²) in [5.41, 5.74) is 2.15. The number of hydrogen-bond acceptors (Lipinski definition) is 5. The second kappa shape index (κ2) is 6.64. The van der Waals surface area contributed by atoms with Crippen LogP contribution in [0.3, 0.4) is 0 Å². The quantitative estimate of drug-likeness (QED) is 0.811. The highest BCUT2D eigenvalue weighted by Gasteiger charge is 2.48. The molecule has 2 saturated heterocycles. The van der Waals surface area contributed by atoms with Gasteiger partial charge in [0.25, 0.3) is 0 Å². The standard InChI is InChI=1S/C20H25N5O2/c1-2-16(26)25-10-13-3-4-15(25)18(13)24-20-17-14(12-5-7-27-8-6-12)9-21-19(17)22-11-23-20/h2,9,11-13,15,18H,1,3-8,10H2,(H2,21,22,23,24). The smallest absolute Gasteiger partial charge is 0.246 e. The molecule has 0 spiro atoms. The Labute approximate surface area is 158 Å². The summed E-state index contributed by atoms with van der Waals surface area (Å²) in [5, 5.41) is 4.78. The van der Waals surface area contributed by atoms with Crippen LogP contribution in [0.4, 0.5) is 5.82 Å². The van der Waals surface area contributed by atoms with Crippen LogP contribution < -0.4 is 5.32 Å². The number of aromatic amines is 1. The van der Waals surface area contributed by atoms with Crippen molar-refractivity contribution >= 4 is 22.8 Å². The molecule has 3 unspecified atom stereocenters. The van der Waals surface area contributed by atoms with E-state index in [2.05, 4.69) is 33.0 Å². The monoisotopic (exact) mass is 367 g/mol. The molecule has 142 valence electrons. The van der Waals surface area contributed by atoms with Crippen molar-refractivity contribution in [1.82, 2.24) is 19.9 Å². The number of carbonyl (C=O) groups excluding carboxylic acids is 1. The fourth-order valence-corrected chi connectivity index (χ4v) is 5.17. The summed E-state index contributed by atoms with van der Waals surface area (Å²) in [7, 11) is 0. The number of aromatic nitrogens is 3. The summed E-state index contributed by atoms with van der Waals surface area (Å²) in [6.45, 7) is 6.06. The first-order chi connectivity index (χ1) is 13.3. The number of anilines is 1. The molecule has 2 N–H and O–H groups in total. The third-order valence-electron chi connectivity index (χ3n) is 6.51. The SMILES string of the molecule is C=CC(=O)N1CC2CCC1C2Nc1ncnc2[nH]cc(C3CCOCC3)c12. The Morgan fingerprint density at radius 3 is 2.96 bits per heavy atom. The van der Waals surface area contributed by atoms with Gasteiger partial charge in [0.1, 0.15) is 17.8 Å². The van der Waals surface area contributed by atoms with E-state index < -0.39 is 0 Å². The lowest BCUT2D eigenvalue weighted by molar-refractivity contribution is -0.127. The van der Waals surface area contributed by atoms with Gasteiger partial charge < -0.3 is 19.9 Å². The minimum atomic E-state index is 0.0337. The van der Waals surface area contributed by atoms with Crippen LogP contribution in [-0.4, -0.2) is 57.6 Å². The fraction of sp³-hybridized carbons (Fsp3) is 0.550. The highest BCUT2D eigenvalue weighted by Crippen LogP contribution is 2.41. The van der Waals surface area contributed by atoms with Crippen LogP contribution in [0.2, 0.25) is 0 Å². The third-order valence-corrected chi connectivity index (χ3v) is 6.51. The van der Waals surface area contributed by atoms with E-state index in [0.717, 1.165) is 62.3 Å². The minimum Gasteiger partial charge on any atom is -0.381 e. The molecule has 0 radical (unpaired) electrons. The molecule has 4 heterocycles. The van der Waals surface area contributed by atoms with Crippen molar-refractivity contribution in [3.05, 3.63) is 30.7 Å². The molecular weight excluding hydrogens is 342 g/mol. The maximum absolute atomic E-state index is 12.2. The number of likely N-dealkylation sites (tertiary alicyclic amines) is 1. The number of nitrogens with one attached hydrogen (secondary N) is 2. The van der Waals surface area contributed by atoms with Crippen LogP contribution in [0.15, 0.2) is 25.2 Å². The lowest BCUT2D eigenvalue weighted by atomic mass is 9.92. The van der Waals surface area contributed by atoms with Crippen molar-refractivity contribution in [3.63, 3.8) is 0 Å². The fourth-order valence-electron chi connectivity index (χ4n) is 5.17. The molecule has 7 nitrogen and oxygen atoms in total. The van der Waals surface area contributed by atoms with Gasteiger partial charge in [-0.2, -0.15) is 0 Å². The van der Waals surface area contributed by atoms with Crippen LogP contribution in [0.1, 0.15) is 37.2 Å². The van der Waals surface area contributed by atoms with Crippen molar-refractivity contribution in [1.29, 1.82) is 0 Å². The Balaban J connectivity index is 1.46. The van der Waals surface area contributed by atoms with Crippen LogP contribution in [0, 0.1) is 5.92 Å². The first-order valence-electron chi connectivity index (χ1n) is 9.85. The third kappa shape index (κ3) is 2.72. The Bertz CT molecular complexity index is 872. The summed E-state index contributed by atoms with van der Waals surface area (Å²) in [6.07, 6.45) is 9.36. The number of rotatable bonds is 4. The van der Waals surface area contributed by atoms with Crippen LogP contribution >= 0.6 is 0 Å². The number of fused-ring (bicyclic) bond motifs is 3. The Morgan fingerprint density at radius 2 is 2.15 bits per heavy atom. The summed E-state index contributed by atoms with van der Waals surface area (Å²) in [6, 6.07) is 0.459. The van der Waals surface area contributed by atoms with Crippen LogP contribution in [0.5, 0.6) is 0 Å². The first kappa shape index (κ1) is 16.7. The molecule has 1 saturated carbocycles. The molecule has 2 aromatic rings. The zero-order valence-electron chi connectivity index (χ0n) is 15.4. The second-order valence-electron chi connectivity index (χ2n) is 7.85. The predicted molar refractivity (Wildman–Crippen MR) is 103 cm³/mol. The van der Waals surface area contributed by atoms with Crippen molar-refractivity contribution in [2.75, 3.05) is 25.1 Å². The maximum atomic E-state index is 12.2. The molecule has 3 aliphatic rings. The van der Waals surface area contributed by atoms with Gasteiger partial charge in [-0.3, -0.25) is 4.79 Å². The average Bonchev–Trinajstić information content (AvgIpc) is 3.41. The highest BCUT2D eigenvalue weighted by atomic mass is 16.5. The molecule has 1 amide bonds. The molecule has 5 rings (SSSR count). The Kier molecular flexibility index (Phi) is 4.11. The second-order valence-corrected chi connectivity index (χ2v) is 7.85. The molecule has 27 heavy (non-hydrogen) atoms. The highest BCUT2D eigenvalue weighted by molar-refractivity contribution is 5.91. The van der Waals surface area contributed by atoms with Crippen LogP contribution in [0.25, 0.3) is 11.0 Å². The topological polar surface area (TPSA) is 83.1 Å².